The molecule has 3 aliphatic heterocycles. The molecule has 0 aliphatic carbocycles. The number of anilines is 1. The Morgan fingerprint density at radius 1 is 1.28 bits per heavy atom. The summed E-state index contributed by atoms with van der Waals surface area (Å²) < 4.78 is 34.9. The van der Waals surface area contributed by atoms with Crippen LogP contribution >= 0.6 is 0 Å². The molecular weight excluding hydrogens is 378 g/mol. The van der Waals surface area contributed by atoms with Gasteiger partial charge < -0.3 is 15.0 Å². The summed E-state index contributed by atoms with van der Waals surface area (Å²) in [6, 6.07) is 0.152. The summed E-state index contributed by atoms with van der Waals surface area (Å²) in [6.07, 6.45) is 3.24. The molecule has 7 nitrogen and oxygen atoms in total. The summed E-state index contributed by atoms with van der Waals surface area (Å²) in [4.78, 5) is 17.5. The standard InChI is InChI=1S/C20H26F2N6O/c1-13-16(22)17-15(10-24-13)18(27-7-4-23-5-8-27)26-19(25-17)29-12-20-3-2-6-28(20)11-14(21)9-20/h10,14,23H,2-9,11-12H2,1H3/t14-,20+/m1/s1. The number of pyridine rings is 1. The Kier molecular flexibility index (Phi) is 4.74. The molecule has 2 atom stereocenters. The lowest BCUT2D eigenvalue weighted by atomic mass is 9.95. The molecule has 0 saturated carbocycles. The number of nitrogens with zero attached hydrogens (tertiary/aromatic N) is 5. The van der Waals surface area contributed by atoms with Gasteiger partial charge >= 0.3 is 6.01 Å². The second-order valence-electron chi connectivity index (χ2n) is 8.35. The van der Waals surface area contributed by atoms with E-state index < -0.39 is 12.0 Å². The highest BCUT2D eigenvalue weighted by Crippen LogP contribution is 2.40. The predicted octanol–water partition coefficient (Wildman–Crippen LogP) is 1.84. The molecule has 5 heterocycles. The van der Waals surface area contributed by atoms with Gasteiger partial charge in [-0.05, 0) is 26.3 Å². The minimum Gasteiger partial charge on any atom is -0.461 e. The van der Waals surface area contributed by atoms with Crippen molar-refractivity contribution in [2.45, 2.75) is 37.9 Å². The molecule has 0 bridgehead atoms. The van der Waals surface area contributed by atoms with E-state index in [4.69, 9.17) is 4.74 Å². The second kappa shape index (κ2) is 7.28. The lowest BCUT2D eigenvalue weighted by molar-refractivity contribution is 0.107. The minimum atomic E-state index is -0.820. The SMILES string of the molecule is Cc1ncc2c(N3CCNCC3)nc(OC[C@@]34CCCN3C[C@H](F)C4)nc2c1F. The average Bonchev–Trinajstić information content (AvgIpc) is 3.25. The van der Waals surface area contributed by atoms with E-state index in [-0.39, 0.29) is 17.1 Å². The van der Waals surface area contributed by atoms with Gasteiger partial charge in [-0.25, -0.2) is 8.78 Å². The van der Waals surface area contributed by atoms with E-state index in [0.29, 0.717) is 36.5 Å². The van der Waals surface area contributed by atoms with Crippen LogP contribution < -0.4 is 15.0 Å². The average molecular weight is 404 g/mol. The number of alkyl halides is 1. The van der Waals surface area contributed by atoms with Crippen molar-refractivity contribution in [2.24, 2.45) is 0 Å². The Bertz CT molecular complexity index is 921. The first-order valence-corrected chi connectivity index (χ1v) is 10.4. The molecule has 0 radical (unpaired) electrons. The smallest absolute Gasteiger partial charge is 0.319 e. The van der Waals surface area contributed by atoms with Crippen molar-refractivity contribution < 1.29 is 13.5 Å². The first kappa shape index (κ1) is 18.9. The Hall–Kier alpha value is -2.13. The Balaban J connectivity index is 1.49. The molecule has 0 spiro atoms. The molecule has 9 heteroatoms. The molecular formula is C20H26F2N6O. The first-order valence-electron chi connectivity index (χ1n) is 10.4. The van der Waals surface area contributed by atoms with E-state index in [1.165, 1.54) is 0 Å². The number of piperazine rings is 1. The topological polar surface area (TPSA) is 66.4 Å². The summed E-state index contributed by atoms with van der Waals surface area (Å²) in [5.74, 6) is 0.199. The van der Waals surface area contributed by atoms with Gasteiger partial charge in [0.2, 0.25) is 0 Å². The minimum absolute atomic E-state index is 0.152. The van der Waals surface area contributed by atoms with Crippen molar-refractivity contribution in [3.63, 3.8) is 0 Å². The molecule has 2 aromatic rings. The van der Waals surface area contributed by atoms with Crippen LogP contribution in [0.2, 0.25) is 0 Å². The zero-order chi connectivity index (χ0) is 20.0. The summed E-state index contributed by atoms with van der Waals surface area (Å²) in [5, 5.41) is 3.90. The van der Waals surface area contributed by atoms with Crippen LogP contribution in [0.4, 0.5) is 14.6 Å². The quantitative estimate of drug-likeness (QED) is 0.834. The van der Waals surface area contributed by atoms with Crippen LogP contribution in [-0.4, -0.2) is 77.4 Å². The zero-order valence-electron chi connectivity index (χ0n) is 16.6. The maximum absolute atomic E-state index is 14.8. The van der Waals surface area contributed by atoms with Crippen molar-refractivity contribution in [1.82, 2.24) is 25.2 Å². The van der Waals surface area contributed by atoms with E-state index >= 15 is 0 Å². The van der Waals surface area contributed by atoms with Crippen molar-refractivity contribution in [1.29, 1.82) is 0 Å². The van der Waals surface area contributed by atoms with E-state index in [2.05, 4.69) is 30.1 Å². The number of aryl methyl sites for hydroxylation is 1. The molecule has 2 aromatic heterocycles. The van der Waals surface area contributed by atoms with E-state index in [1.807, 2.05) is 0 Å². The number of ether oxygens (including phenoxy) is 1. The maximum Gasteiger partial charge on any atom is 0.319 e. The molecule has 1 N–H and O–H groups in total. The molecule has 0 unspecified atom stereocenters. The molecule has 156 valence electrons. The number of halogens is 2. The summed E-state index contributed by atoms with van der Waals surface area (Å²) in [5.41, 5.74) is 0.233. The van der Waals surface area contributed by atoms with Crippen molar-refractivity contribution in [3.05, 3.63) is 17.7 Å². The van der Waals surface area contributed by atoms with Gasteiger partial charge in [0.1, 0.15) is 24.1 Å². The summed E-state index contributed by atoms with van der Waals surface area (Å²) in [7, 11) is 0. The third-order valence-corrected chi connectivity index (χ3v) is 6.47. The van der Waals surface area contributed by atoms with Crippen LogP contribution in [-0.2, 0) is 0 Å². The Morgan fingerprint density at radius 2 is 2.10 bits per heavy atom. The molecule has 0 aromatic carbocycles. The lowest BCUT2D eigenvalue weighted by Crippen LogP contribution is -2.44. The van der Waals surface area contributed by atoms with Crippen LogP contribution in [0.15, 0.2) is 6.20 Å². The first-order chi connectivity index (χ1) is 14.1. The van der Waals surface area contributed by atoms with Gasteiger partial charge in [-0.3, -0.25) is 9.88 Å². The normalized spacial score (nSPS) is 27.6. The van der Waals surface area contributed by atoms with Gasteiger partial charge in [0.25, 0.3) is 0 Å². The number of aromatic nitrogens is 3. The monoisotopic (exact) mass is 404 g/mol. The highest BCUT2D eigenvalue weighted by atomic mass is 19.1. The fourth-order valence-electron chi connectivity index (χ4n) is 4.94. The molecule has 3 fully saturated rings. The predicted molar refractivity (Wildman–Crippen MR) is 106 cm³/mol. The van der Waals surface area contributed by atoms with Gasteiger partial charge in [-0.15, -0.1) is 0 Å². The summed E-state index contributed by atoms with van der Waals surface area (Å²) >= 11 is 0. The fourth-order valence-corrected chi connectivity index (χ4v) is 4.94. The van der Waals surface area contributed by atoms with Gasteiger partial charge in [-0.2, -0.15) is 9.97 Å². The van der Waals surface area contributed by atoms with Crippen LogP contribution in [0.1, 0.15) is 25.0 Å². The maximum atomic E-state index is 14.8. The third-order valence-electron chi connectivity index (χ3n) is 6.47. The van der Waals surface area contributed by atoms with Gasteiger partial charge in [0.15, 0.2) is 5.82 Å². The van der Waals surface area contributed by atoms with Gasteiger partial charge in [0.05, 0.1) is 16.6 Å². The van der Waals surface area contributed by atoms with Crippen LogP contribution in [0.3, 0.4) is 0 Å². The fraction of sp³-hybridized carbons (Fsp3) is 0.650. The molecule has 3 aliphatic rings. The largest absolute Gasteiger partial charge is 0.461 e. The Labute approximate surface area is 168 Å². The van der Waals surface area contributed by atoms with Gasteiger partial charge in [0, 0.05) is 45.3 Å². The number of fused-ring (bicyclic) bond motifs is 2. The van der Waals surface area contributed by atoms with Crippen molar-refractivity contribution in [2.75, 3.05) is 50.8 Å². The number of nitrogens with one attached hydrogen (secondary N) is 1. The van der Waals surface area contributed by atoms with Crippen LogP contribution in [0.25, 0.3) is 10.9 Å². The number of hydrogen-bond acceptors (Lipinski definition) is 7. The van der Waals surface area contributed by atoms with Crippen molar-refractivity contribution in [3.8, 4) is 6.01 Å². The van der Waals surface area contributed by atoms with E-state index in [1.54, 1.807) is 13.1 Å². The van der Waals surface area contributed by atoms with Crippen LogP contribution in [0, 0.1) is 12.7 Å². The molecule has 5 rings (SSSR count). The Morgan fingerprint density at radius 3 is 2.93 bits per heavy atom. The summed E-state index contributed by atoms with van der Waals surface area (Å²) in [6.45, 7) is 6.51. The lowest BCUT2D eigenvalue weighted by Gasteiger charge is -2.31. The zero-order valence-corrected chi connectivity index (χ0v) is 16.6. The van der Waals surface area contributed by atoms with Crippen LogP contribution in [0.5, 0.6) is 6.01 Å². The van der Waals surface area contributed by atoms with E-state index in [0.717, 1.165) is 45.6 Å². The third kappa shape index (κ3) is 3.30. The molecule has 3 saturated heterocycles. The molecule has 29 heavy (non-hydrogen) atoms. The van der Waals surface area contributed by atoms with Gasteiger partial charge in [-0.1, -0.05) is 0 Å². The number of hydrogen-bond donors (Lipinski definition) is 1. The molecule has 0 amide bonds. The number of rotatable bonds is 4. The van der Waals surface area contributed by atoms with E-state index in [9.17, 15) is 8.78 Å². The highest BCUT2D eigenvalue weighted by Gasteiger charge is 2.49. The second-order valence-corrected chi connectivity index (χ2v) is 8.35. The van der Waals surface area contributed by atoms with Crippen molar-refractivity contribution >= 4 is 16.7 Å². The highest BCUT2D eigenvalue weighted by molar-refractivity contribution is 5.89.